The average molecular weight is 153 g/mol. The number of aromatic nitrogens is 2. The predicted octanol–water partition coefficient (Wildman–Crippen LogP) is 0.700. The molecule has 0 aliphatic heterocycles. The molecule has 1 heterocycles. The number of nitrogens with zero attached hydrogens (tertiary/aromatic N) is 2. The van der Waals surface area contributed by atoms with Crippen LogP contribution in [0.5, 0.6) is 0 Å². The Morgan fingerprint density at radius 2 is 2.45 bits per heavy atom. The van der Waals surface area contributed by atoms with Crippen LogP contribution >= 0.6 is 0 Å². The summed E-state index contributed by atoms with van der Waals surface area (Å²) in [4.78, 5) is 4.20. The standard InChI is InChI=1S/C8H15N3/c1-7(9)3-4-8-5-11(2)6-10-8/h5-7H,3-4,9H2,1-2H3. The molecule has 0 radical (unpaired) electrons. The van der Waals surface area contributed by atoms with Crippen molar-refractivity contribution in [2.45, 2.75) is 25.8 Å². The first-order valence-electron chi connectivity index (χ1n) is 3.91. The Labute approximate surface area is 67.2 Å². The van der Waals surface area contributed by atoms with Crippen LogP contribution in [0, 0.1) is 0 Å². The minimum absolute atomic E-state index is 0.275. The normalized spacial score (nSPS) is 13.4. The molecule has 3 nitrogen and oxygen atoms in total. The summed E-state index contributed by atoms with van der Waals surface area (Å²) in [5.74, 6) is 0. The summed E-state index contributed by atoms with van der Waals surface area (Å²) in [5, 5.41) is 0. The van der Waals surface area contributed by atoms with Gasteiger partial charge in [0.25, 0.3) is 0 Å². The van der Waals surface area contributed by atoms with Gasteiger partial charge in [-0.2, -0.15) is 0 Å². The third-order valence-corrected chi connectivity index (χ3v) is 1.61. The molecular formula is C8H15N3. The van der Waals surface area contributed by atoms with Gasteiger partial charge in [0.2, 0.25) is 0 Å². The second-order valence-electron chi connectivity index (χ2n) is 3.05. The maximum Gasteiger partial charge on any atom is 0.0946 e. The molecule has 0 saturated heterocycles. The molecular weight excluding hydrogens is 138 g/mol. The van der Waals surface area contributed by atoms with Gasteiger partial charge in [0.1, 0.15) is 0 Å². The maximum absolute atomic E-state index is 5.61. The maximum atomic E-state index is 5.61. The number of imidazole rings is 1. The minimum atomic E-state index is 0.275. The Morgan fingerprint density at radius 1 is 1.73 bits per heavy atom. The van der Waals surface area contributed by atoms with Gasteiger partial charge in [0.15, 0.2) is 0 Å². The highest BCUT2D eigenvalue weighted by Crippen LogP contribution is 2.00. The first kappa shape index (κ1) is 8.27. The van der Waals surface area contributed by atoms with Crippen LogP contribution in [0.15, 0.2) is 12.5 Å². The van der Waals surface area contributed by atoms with E-state index in [0.717, 1.165) is 18.5 Å². The second kappa shape index (κ2) is 3.53. The van der Waals surface area contributed by atoms with Crippen LogP contribution in [0.2, 0.25) is 0 Å². The summed E-state index contributed by atoms with van der Waals surface area (Å²) < 4.78 is 1.95. The molecule has 0 aliphatic carbocycles. The number of nitrogens with two attached hydrogens (primary N) is 1. The molecule has 1 aromatic rings. The van der Waals surface area contributed by atoms with Crippen molar-refractivity contribution in [3.8, 4) is 0 Å². The summed E-state index contributed by atoms with van der Waals surface area (Å²) in [7, 11) is 1.97. The lowest BCUT2D eigenvalue weighted by Gasteiger charge is -2.00. The molecule has 1 unspecified atom stereocenters. The lowest BCUT2D eigenvalue weighted by molar-refractivity contribution is 0.659. The van der Waals surface area contributed by atoms with Crippen LogP contribution in [0.3, 0.4) is 0 Å². The Bertz CT molecular complexity index is 215. The molecule has 1 atom stereocenters. The van der Waals surface area contributed by atoms with E-state index in [4.69, 9.17) is 5.73 Å². The van der Waals surface area contributed by atoms with E-state index in [1.165, 1.54) is 0 Å². The lowest BCUT2D eigenvalue weighted by atomic mass is 10.2. The second-order valence-corrected chi connectivity index (χ2v) is 3.05. The fourth-order valence-corrected chi connectivity index (χ4v) is 0.972. The largest absolute Gasteiger partial charge is 0.340 e. The fourth-order valence-electron chi connectivity index (χ4n) is 0.972. The first-order chi connectivity index (χ1) is 5.18. The van der Waals surface area contributed by atoms with Crippen molar-refractivity contribution >= 4 is 0 Å². The van der Waals surface area contributed by atoms with E-state index in [2.05, 4.69) is 4.98 Å². The molecule has 0 amide bonds. The molecule has 0 fully saturated rings. The van der Waals surface area contributed by atoms with Crippen molar-refractivity contribution in [2.75, 3.05) is 0 Å². The Morgan fingerprint density at radius 3 is 2.91 bits per heavy atom. The SMILES string of the molecule is CC(N)CCc1cn(C)cn1. The van der Waals surface area contributed by atoms with Crippen LogP contribution in [0.1, 0.15) is 19.0 Å². The number of hydrogen-bond donors (Lipinski definition) is 1. The van der Waals surface area contributed by atoms with Crippen molar-refractivity contribution in [3.05, 3.63) is 18.2 Å². The van der Waals surface area contributed by atoms with Crippen molar-refractivity contribution in [1.82, 2.24) is 9.55 Å². The zero-order valence-corrected chi connectivity index (χ0v) is 7.12. The average Bonchev–Trinajstić information content (AvgIpc) is 2.31. The molecule has 3 heteroatoms. The van der Waals surface area contributed by atoms with E-state index < -0.39 is 0 Å². The summed E-state index contributed by atoms with van der Waals surface area (Å²) >= 11 is 0. The molecule has 11 heavy (non-hydrogen) atoms. The fraction of sp³-hybridized carbons (Fsp3) is 0.625. The molecule has 1 aromatic heterocycles. The van der Waals surface area contributed by atoms with E-state index >= 15 is 0 Å². The molecule has 0 spiro atoms. The van der Waals surface area contributed by atoms with Gasteiger partial charge in [0, 0.05) is 19.3 Å². The Balaban J connectivity index is 2.39. The van der Waals surface area contributed by atoms with Crippen LogP contribution < -0.4 is 5.73 Å². The van der Waals surface area contributed by atoms with Gasteiger partial charge in [0.05, 0.1) is 12.0 Å². The zero-order valence-electron chi connectivity index (χ0n) is 7.12. The third-order valence-electron chi connectivity index (χ3n) is 1.61. The van der Waals surface area contributed by atoms with Gasteiger partial charge in [-0.1, -0.05) is 0 Å². The molecule has 62 valence electrons. The predicted molar refractivity (Wildman–Crippen MR) is 45.2 cm³/mol. The van der Waals surface area contributed by atoms with Gasteiger partial charge >= 0.3 is 0 Å². The lowest BCUT2D eigenvalue weighted by Crippen LogP contribution is -2.15. The summed E-state index contributed by atoms with van der Waals surface area (Å²) in [6.45, 7) is 2.02. The van der Waals surface area contributed by atoms with E-state index in [9.17, 15) is 0 Å². The van der Waals surface area contributed by atoms with Crippen molar-refractivity contribution in [3.63, 3.8) is 0 Å². The minimum Gasteiger partial charge on any atom is -0.340 e. The number of aryl methyl sites for hydroxylation is 2. The monoisotopic (exact) mass is 153 g/mol. The highest BCUT2D eigenvalue weighted by atomic mass is 15.0. The van der Waals surface area contributed by atoms with Gasteiger partial charge in [-0.3, -0.25) is 0 Å². The number of hydrogen-bond acceptors (Lipinski definition) is 2. The van der Waals surface area contributed by atoms with E-state index in [1.54, 1.807) is 0 Å². The van der Waals surface area contributed by atoms with E-state index in [0.29, 0.717) is 0 Å². The first-order valence-corrected chi connectivity index (χ1v) is 3.91. The summed E-state index contributed by atoms with van der Waals surface area (Å²) in [6, 6.07) is 0.275. The number of rotatable bonds is 3. The van der Waals surface area contributed by atoms with Crippen LogP contribution in [0.4, 0.5) is 0 Å². The quantitative estimate of drug-likeness (QED) is 0.694. The molecule has 1 rings (SSSR count). The van der Waals surface area contributed by atoms with Gasteiger partial charge in [-0.25, -0.2) is 4.98 Å². The molecule has 0 aromatic carbocycles. The van der Waals surface area contributed by atoms with Crippen molar-refractivity contribution in [1.29, 1.82) is 0 Å². The summed E-state index contributed by atoms with van der Waals surface area (Å²) in [6.07, 6.45) is 5.84. The van der Waals surface area contributed by atoms with Gasteiger partial charge < -0.3 is 10.3 Å². The molecule has 2 N–H and O–H groups in total. The van der Waals surface area contributed by atoms with E-state index in [-0.39, 0.29) is 6.04 Å². The molecule has 0 bridgehead atoms. The highest BCUT2D eigenvalue weighted by molar-refractivity contribution is 4.96. The van der Waals surface area contributed by atoms with Crippen molar-refractivity contribution < 1.29 is 0 Å². The van der Waals surface area contributed by atoms with Crippen LogP contribution in [-0.2, 0) is 13.5 Å². The van der Waals surface area contributed by atoms with Crippen molar-refractivity contribution in [2.24, 2.45) is 12.8 Å². The Hall–Kier alpha value is -0.830. The van der Waals surface area contributed by atoms with Gasteiger partial charge in [-0.05, 0) is 19.8 Å². The summed E-state index contributed by atoms with van der Waals surface area (Å²) in [5.41, 5.74) is 6.74. The van der Waals surface area contributed by atoms with Crippen LogP contribution in [0.25, 0.3) is 0 Å². The molecule has 0 aliphatic rings. The smallest absolute Gasteiger partial charge is 0.0946 e. The topological polar surface area (TPSA) is 43.8 Å². The van der Waals surface area contributed by atoms with Crippen LogP contribution in [-0.4, -0.2) is 15.6 Å². The highest BCUT2D eigenvalue weighted by Gasteiger charge is 1.98. The van der Waals surface area contributed by atoms with Gasteiger partial charge in [-0.15, -0.1) is 0 Å². The Kier molecular flexibility index (Phi) is 2.65. The third kappa shape index (κ3) is 2.72. The van der Waals surface area contributed by atoms with E-state index in [1.807, 2.05) is 31.1 Å². The molecule has 0 saturated carbocycles. The zero-order chi connectivity index (χ0) is 8.27.